The van der Waals surface area contributed by atoms with Crippen LogP contribution in [-0.2, 0) is 4.79 Å². The number of para-hydroxylation sites is 1. The highest BCUT2D eigenvalue weighted by molar-refractivity contribution is 5.99. The van der Waals surface area contributed by atoms with Crippen molar-refractivity contribution in [1.82, 2.24) is 4.98 Å². The maximum Gasteiger partial charge on any atom is 0.322 e. The van der Waals surface area contributed by atoms with Crippen LogP contribution in [0.4, 0.5) is 5.69 Å². The number of carboxylic acid groups (broad SMARTS) is 1. The van der Waals surface area contributed by atoms with E-state index in [1.54, 1.807) is 25.3 Å². The SMILES string of the molecule is CCOc1ccccc1-c1ccc(-c2nc3ccc(OC)cc3c(NCC(=O)O)c2C#N)cc1. The molecule has 0 amide bonds. The Morgan fingerprint density at radius 3 is 2.50 bits per heavy atom. The monoisotopic (exact) mass is 453 g/mol. The van der Waals surface area contributed by atoms with Crippen molar-refractivity contribution in [3.63, 3.8) is 0 Å². The van der Waals surface area contributed by atoms with Gasteiger partial charge in [-0.25, -0.2) is 4.98 Å². The summed E-state index contributed by atoms with van der Waals surface area (Å²) in [6, 6.07) is 23.0. The molecular weight excluding hydrogens is 430 g/mol. The molecule has 0 aliphatic heterocycles. The van der Waals surface area contributed by atoms with E-state index in [4.69, 9.17) is 14.5 Å². The Bertz CT molecular complexity index is 1390. The summed E-state index contributed by atoms with van der Waals surface area (Å²) in [4.78, 5) is 16.0. The summed E-state index contributed by atoms with van der Waals surface area (Å²) in [5.41, 5.74) is 4.45. The number of carbonyl (C=O) groups is 1. The van der Waals surface area contributed by atoms with E-state index >= 15 is 0 Å². The fourth-order valence-corrected chi connectivity index (χ4v) is 3.83. The fourth-order valence-electron chi connectivity index (χ4n) is 3.83. The number of carboxylic acids is 1. The number of nitrogens with zero attached hydrogens (tertiary/aromatic N) is 2. The Hall–Kier alpha value is -4.57. The van der Waals surface area contributed by atoms with Crippen LogP contribution in [0.1, 0.15) is 12.5 Å². The molecule has 0 aliphatic rings. The summed E-state index contributed by atoms with van der Waals surface area (Å²) in [6.45, 7) is 2.18. The number of aliphatic carboxylic acids is 1. The van der Waals surface area contributed by atoms with Crippen LogP contribution >= 0.6 is 0 Å². The first-order valence-electron chi connectivity index (χ1n) is 10.8. The molecule has 0 atom stereocenters. The van der Waals surface area contributed by atoms with Gasteiger partial charge < -0.3 is 19.9 Å². The van der Waals surface area contributed by atoms with Crippen molar-refractivity contribution < 1.29 is 19.4 Å². The molecular formula is C27H23N3O4. The smallest absolute Gasteiger partial charge is 0.322 e. The molecule has 0 aliphatic carbocycles. The number of hydrogen-bond donors (Lipinski definition) is 2. The zero-order valence-electron chi connectivity index (χ0n) is 18.8. The predicted molar refractivity (Wildman–Crippen MR) is 131 cm³/mol. The number of hydrogen-bond acceptors (Lipinski definition) is 6. The number of benzene rings is 3. The molecule has 4 aromatic rings. The normalized spacial score (nSPS) is 10.5. The lowest BCUT2D eigenvalue weighted by atomic mass is 9.98. The number of aromatic nitrogens is 1. The number of ether oxygens (including phenoxy) is 2. The Labute approximate surface area is 197 Å². The molecule has 3 aromatic carbocycles. The van der Waals surface area contributed by atoms with Crippen LogP contribution in [0.3, 0.4) is 0 Å². The van der Waals surface area contributed by atoms with E-state index in [1.807, 2.05) is 55.5 Å². The number of fused-ring (bicyclic) bond motifs is 1. The molecule has 0 saturated carbocycles. The Kier molecular flexibility index (Phi) is 6.60. The standard InChI is InChI=1S/C27H23N3O4/c1-3-34-24-7-5-4-6-20(24)17-8-10-18(11-9-17)26-22(15-28)27(29-16-25(31)32)21-14-19(33-2)12-13-23(21)30-26/h4-14H,3,16H2,1-2H3,(H,29,30)(H,31,32). The third-order valence-corrected chi connectivity index (χ3v) is 5.38. The Morgan fingerprint density at radius 2 is 1.82 bits per heavy atom. The van der Waals surface area contributed by atoms with Gasteiger partial charge in [0.05, 0.1) is 30.6 Å². The first kappa shape index (κ1) is 22.6. The number of methoxy groups -OCH3 is 1. The topological polar surface area (TPSA) is 104 Å². The van der Waals surface area contributed by atoms with Gasteiger partial charge in [0.2, 0.25) is 0 Å². The lowest BCUT2D eigenvalue weighted by molar-refractivity contribution is -0.134. The van der Waals surface area contributed by atoms with Crippen molar-refractivity contribution in [3.8, 4) is 40.0 Å². The van der Waals surface area contributed by atoms with Gasteiger partial charge in [0.15, 0.2) is 0 Å². The largest absolute Gasteiger partial charge is 0.497 e. The summed E-state index contributed by atoms with van der Waals surface area (Å²) < 4.78 is 11.1. The second kappa shape index (κ2) is 9.92. The van der Waals surface area contributed by atoms with Gasteiger partial charge in [0.1, 0.15) is 29.7 Å². The number of anilines is 1. The third kappa shape index (κ3) is 4.48. The lowest BCUT2D eigenvalue weighted by Gasteiger charge is -2.15. The summed E-state index contributed by atoms with van der Waals surface area (Å²) in [5, 5.41) is 22.7. The highest BCUT2D eigenvalue weighted by Gasteiger charge is 2.18. The lowest BCUT2D eigenvalue weighted by Crippen LogP contribution is -2.14. The number of nitrogens with one attached hydrogen (secondary N) is 1. The molecule has 0 radical (unpaired) electrons. The third-order valence-electron chi connectivity index (χ3n) is 5.38. The quantitative estimate of drug-likeness (QED) is 0.371. The maximum atomic E-state index is 11.2. The molecule has 2 N–H and O–H groups in total. The summed E-state index contributed by atoms with van der Waals surface area (Å²) in [7, 11) is 1.55. The van der Waals surface area contributed by atoms with Gasteiger partial charge >= 0.3 is 5.97 Å². The first-order valence-corrected chi connectivity index (χ1v) is 10.8. The van der Waals surface area contributed by atoms with Gasteiger partial charge in [-0.2, -0.15) is 5.26 Å². The molecule has 0 unspecified atom stereocenters. The molecule has 0 bridgehead atoms. The van der Waals surface area contributed by atoms with Crippen molar-refractivity contribution in [3.05, 3.63) is 72.3 Å². The van der Waals surface area contributed by atoms with Gasteiger partial charge in [-0.3, -0.25) is 4.79 Å². The van der Waals surface area contributed by atoms with Crippen LogP contribution in [0.2, 0.25) is 0 Å². The average molecular weight is 453 g/mol. The van der Waals surface area contributed by atoms with Gasteiger partial charge in [-0.1, -0.05) is 42.5 Å². The Morgan fingerprint density at radius 1 is 1.09 bits per heavy atom. The molecule has 0 spiro atoms. The highest BCUT2D eigenvalue weighted by atomic mass is 16.5. The van der Waals surface area contributed by atoms with Crippen molar-refractivity contribution in [2.24, 2.45) is 0 Å². The maximum absolute atomic E-state index is 11.2. The van der Waals surface area contributed by atoms with Crippen molar-refractivity contribution in [1.29, 1.82) is 5.26 Å². The van der Waals surface area contributed by atoms with E-state index in [0.29, 0.717) is 34.6 Å². The highest BCUT2D eigenvalue weighted by Crippen LogP contribution is 2.37. The minimum Gasteiger partial charge on any atom is -0.497 e. The molecule has 0 fully saturated rings. The van der Waals surface area contributed by atoms with Crippen LogP contribution in [0, 0.1) is 11.3 Å². The van der Waals surface area contributed by atoms with E-state index in [2.05, 4.69) is 11.4 Å². The zero-order chi connectivity index (χ0) is 24.1. The number of nitriles is 1. The summed E-state index contributed by atoms with van der Waals surface area (Å²) >= 11 is 0. The van der Waals surface area contributed by atoms with E-state index in [-0.39, 0.29) is 12.1 Å². The van der Waals surface area contributed by atoms with Crippen molar-refractivity contribution in [2.45, 2.75) is 6.92 Å². The Balaban J connectivity index is 1.84. The van der Waals surface area contributed by atoms with E-state index in [0.717, 1.165) is 22.4 Å². The molecule has 170 valence electrons. The summed E-state index contributed by atoms with van der Waals surface area (Å²) in [5.74, 6) is 0.352. The molecule has 34 heavy (non-hydrogen) atoms. The zero-order valence-corrected chi connectivity index (χ0v) is 18.8. The van der Waals surface area contributed by atoms with Crippen LogP contribution < -0.4 is 14.8 Å². The minimum absolute atomic E-state index is 0.268. The fraction of sp³-hybridized carbons (Fsp3) is 0.148. The molecule has 1 heterocycles. The van der Waals surface area contributed by atoms with Crippen LogP contribution in [0.25, 0.3) is 33.3 Å². The molecule has 1 aromatic heterocycles. The van der Waals surface area contributed by atoms with Gasteiger partial charge in [0.25, 0.3) is 0 Å². The van der Waals surface area contributed by atoms with Crippen LogP contribution in [0.15, 0.2) is 66.7 Å². The van der Waals surface area contributed by atoms with Gasteiger partial charge in [-0.05, 0) is 36.8 Å². The van der Waals surface area contributed by atoms with Crippen molar-refractivity contribution >= 4 is 22.6 Å². The predicted octanol–water partition coefficient (Wildman–Crippen LogP) is 5.34. The second-order valence-electron chi connectivity index (χ2n) is 7.46. The minimum atomic E-state index is -1.03. The summed E-state index contributed by atoms with van der Waals surface area (Å²) in [6.07, 6.45) is 0. The molecule has 0 saturated heterocycles. The van der Waals surface area contributed by atoms with E-state index in [9.17, 15) is 15.2 Å². The average Bonchev–Trinajstić information content (AvgIpc) is 2.87. The number of rotatable bonds is 8. The molecule has 7 nitrogen and oxygen atoms in total. The molecule has 4 rings (SSSR count). The van der Waals surface area contributed by atoms with Crippen LogP contribution in [-0.4, -0.2) is 36.3 Å². The van der Waals surface area contributed by atoms with Crippen LogP contribution in [0.5, 0.6) is 11.5 Å². The second-order valence-corrected chi connectivity index (χ2v) is 7.46. The first-order chi connectivity index (χ1) is 16.5. The van der Waals surface area contributed by atoms with E-state index in [1.165, 1.54) is 0 Å². The molecule has 7 heteroatoms. The number of pyridine rings is 1. The van der Waals surface area contributed by atoms with Gasteiger partial charge in [0, 0.05) is 16.5 Å². The van der Waals surface area contributed by atoms with Crippen molar-refractivity contribution in [2.75, 3.05) is 25.6 Å². The van der Waals surface area contributed by atoms with E-state index < -0.39 is 5.97 Å². The van der Waals surface area contributed by atoms with Gasteiger partial charge in [-0.15, -0.1) is 0 Å².